The second-order valence-electron chi connectivity index (χ2n) is 4.00. The molecule has 0 aliphatic rings. The van der Waals surface area contributed by atoms with Crippen molar-refractivity contribution < 1.29 is 9.90 Å². The topological polar surface area (TPSA) is 80.0 Å². The number of hydrogen-bond donors (Lipinski definition) is 2. The number of carbonyl (C=O) groups excluding carboxylic acids is 1. The van der Waals surface area contributed by atoms with Gasteiger partial charge in [0.25, 0.3) is 0 Å². The van der Waals surface area contributed by atoms with E-state index in [0.717, 1.165) is 5.56 Å². The molecular weight excluding hydrogens is 256 g/mol. The molecule has 1 heterocycles. The van der Waals surface area contributed by atoms with E-state index in [2.05, 4.69) is 27.2 Å². The first kappa shape index (κ1) is 13.8. The highest BCUT2D eigenvalue weighted by Crippen LogP contribution is 2.09. The summed E-state index contributed by atoms with van der Waals surface area (Å²) in [6, 6.07) is 7.23. The van der Waals surface area contributed by atoms with Crippen molar-refractivity contribution in [2.75, 3.05) is 11.9 Å². The Hall–Kier alpha value is -2.65. The van der Waals surface area contributed by atoms with Gasteiger partial charge in [-0.2, -0.15) is 5.10 Å². The quantitative estimate of drug-likeness (QED) is 0.799. The molecule has 6 heteroatoms. The third-order valence-electron chi connectivity index (χ3n) is 2.39. The van der Waals surface area contributed by atoms with Gasteiger partial charge in [0.15, 0.2) is 0 Å². The lowest BCUT2D eigenvalue weighted by molar-refractivity contribution is -0.116. The summed E-state index contributed by atoms with van der Waals surface area (Å²) in [5.74, 6) is 5.56. The third kappa shape index (κ3) is 4.23. The number of hydrogen-bond acceptors (Lipinski definition) is 4. The van der Waals surface area contributed by atoms with Crippen LogP contribution in [0.1, 0.15) is 12.0 Å². The lowest BCUT2D eigenvalue weighted by Crippen LogP contribution is -2.19. The van der Waals surface area contributed by atoms with Gasteiger partial charge in [0.2, 0.25) is 5.91 Å². The van der Waals surface area contributed by atoms with Gasteiger partial charge >= 0.3 is 0 Å². The fourth-order valence-electron chi connectivity index (χ4n) is 1.56. The SMILES string of the molecule is O=C(Cn1cncn1)Nc1cccc(C#CCCO)c1. The number of anilines is 1. The number of aliphatic hydroxyl groups is 1. The van der Waals surface area contributed by atoms with Crippen LogP contribution in [0.15, 0.2) is 36.9 Å². The van der Waals surface area contributed by atoms with E-state index in [9.17, 15) is 4.79 Å². The first-order valence-corrected chi connectivity index (χ1v) is 6.10. The van der Waals surface area contributed by atoms with Crippen LogP contribution in [0.25, 0.3) is 0 Å². The third-order valence-corrected chi connectivity index (χ3v) is 2.39. The minimum absolute atomic E-state index is 0.0430. The number of nitrogens with zero attached hydrogens (tertiary/aromatic N) is 3. The van der Waals surface area contributed by atoms with Crippen LogP contribution in [0.5, 0.6) is 0 Å². The molecule has 0 spiro atoms. The molecule has 2 aromatic rings. The Morgan fingerprint density at radius 2 is 2.35 bits per heavy atom. The van der Waals surface area contributed by atoms with Gasteiger partial charge < -0.3 is 10.4 Å². The Labute approximate surface area is 116 Å². The molecule has 0 saturated heterocycles. The summed E-state index contributed by atoms with van der Waals surface area (Å²) < 4.78 is 1.44. The zero-order valence-electron chi connectivity index (χ0n) is 10.8. The second kappa shape index (κ2) is 7.07. The second-order valence-corrected chi connectivity index (χ2v) is 4.00. The van der Waals surface area contributed by atoms with E-state index in [1.807, 2.05) is 12.1 Å². The van der Waals surface area contributed by atoms with Crippen molar-refractivity contribution in [1.82, 2.24) is 14.8 Å². The normalized spacial score (nSPS) is 9.65. The van der Waals surface area contributed by atoms with Crippen molar-refractivity contribution in [3.63, 3.8) is 0 Å². The fraction of sp³-hybridized carbons (Fsp3) is 0.214. The lowest BCUT2D eigenvalue weighted by atomic mass is 10.2. The molecule has 0 saturated carbocycles. The average Bonchev–Trinajstić information content (AvgIpc) is 2.92. The number of rotatable bonds is 4. The largest absolute Gasteiger partial charge is 0.395 e. The molecule has 1 amide bonds. The summed E-state index contributed by atoms with van der Waals surface area (Å²) in [6.45, 7) is 0.155. The summed E-state index contributed by atoms with van der Waals surface area (Å²) >= 11 is 0. The molecule has 1 aromatic heterocycles. The average molecular weight is 270 g/mol. The summed E-state index contributed by atoms with van der Waals surface area (Å²) in [6.07, 6.45) is 3.30. The Bertz CT molecular complexity index is 626. The van der Waals surface area contributed by atoms with Gasteiger partial charge in [0, 0.05) is 17.7 Å². The van der Waals surface area contributed by atoms with Crippen molar-refractivity contribution in [2.24, 2.45) is 0 Å². The summed E-state index contributed by atoms with van der Waals surface area (Å²) in [7, 11) is 0. The molecule has 0 unspecified atom stereocenters. The number of benzene rings is 1. The molecule has 102 valence electrons. The highest BCUT2D eigenvalue weighted by atomic mass is 16.2. The molecule has 2 N–H and O–H groups in total. The highest BCUT2D eigenvalue weighted by molar-refractivity contribution is 5.90. The standard InChI is InChI=1S/C14H14N4O2/c19-7-2-1-4-12-5-3-6-13(8-12)17-14(20)9-18-11-15-10-16-18/h3,5-6,8,10-11,19H,2,7,9H2,(H,17,20). The molecule has 0 aliphatic carbocycles. The maximum absolute atomic E-state index is 11.8. The van der Waals surface area contributed by atoms with Crippen molar-refractivity contribution in [2.45, 2.75) is 13.0 Å². The zero-order valence-corrected chi connectivity index (χ0v) is 10.8. The Kier molecular flexibility index (Phi) is 4.87. The number of carbonyl (C=O) groups is 1. The van der Waals surface area contributed by atoms with Crippen LogP contribution in [-0.4, -0.2) is 32.4 Å². The van der Waals surface area contributed by atoms with Gasteiger partial charge in [-0.1, -0.05) is 17.9 Å². The molecule has 0 atom stereocenters. The smallest absolute Gasteiger partial charge is 0.246 e. The van der Waals surface area contributed by atoms with Crippen LogP contribution in [0.4, 0.5) is 5.69 Å². The van der Waals surface area contributed by atoms with E-state index in [4.69, 9.17) is 5.11 Å². The van der Waals surface area contributed by atoms with E-state index in [0.29, 0.717) is 12.1 Å². The van der Waals surface area contributed by atoms with E-state index in [1.54, 1.807) is 12.1 Å². The summed E-state index contributed by atoms with van der Waals surface area (Å²) in [4.78, 5) is 15.6. The molecule has 0 radical (unpaired) electrons. The molecule has 6 nitrogen and oxygen atoms in total. The van der Waals surface area contributed by atoms with Crippen molar-refractivity contribution in [3.05, 3.63) is 42.5 Å². The highest BCUT2D eigenvalue weighted by Gasteiger charge is 2.04. The van der Waals surface area contributed by atoms with Crippen LogP contribution in [0.2, 0.25) is 0 Å². The predicted molar refractivity (Wildman–Crippen MR) is 73.7 cm³/mol. The van der Waals surface area contributed by atoms with Gasteiger partial charge in [-0.15, -0.1) is 0 Å². The van der Waals surface area contributed by atoms with Crippen LogP contribution >= 0.6 is 0 Å². The summed E-state index contributed by atoms with van der Waals surface area (Å²) in [5.41, 5.74) is 1.46. The van der Waals surface area contributed by atoms with Gasteiger partial charge in [-0.05, 0) is 18.2 Å². The summed E-state index contributed by atoms with van der Waals surface area (Å²) in [5, 5.41) is 15.3. The molecule has 0 fully saturated rings. The maximum Gasteiger partial charge on any atom is 0.246 e. The Morgan fingerprint density at radius 3 is 3.10 bits per heavy atom. The molecule has 0 bridgehead atoms. The van der Waals surface area contributed by atoms with Crippen LogP contribution < -0.4 is 5.32 Å². The zero-order chi connectivity index (χ0) is 14.2. The van der Waals surface area contributed by atoms with Crippen LogP contribution in [0.3, 0.4) is 0 Å². The number of nitrogens with one attached hydrogen (secondary N) is 1. The predicted octanol–water partition coefficient (Wildman–Crippen LogP) is 0.651. The monoisotopic (exact) mass is 270 g/mol. The number of aromatic nitrogens is 3. The van der Waals surface area contributed by atoms with Crippen LogP contribution in [0, 0.1) is 11.8 Å². The molecule has 0 aliphatic heterocycles. The van der Waals surface area contributed by atoms with Gasteiger partial charge in [0.1, 0.15) is 19.2 Å². The first-order valence-electron chi connectivity index (χ1n) is 6.10. The van der Waals surface area contributed by atoms with Gasteiger partial charge in [-0.3, -0.25) is 4.79 Å². The molecular formula is C14H14N4O2. The van der Waals surface area contributed by atoms with Crippen molar-refractivity contribution in [1.29, 1.82) is 0 Å². The van der Waals surface area contributed by atoms with Crippen molar-refractivity contribution >= 4 is 11.6 Å². The molecule has 1 aromatic carbocycles. The lowest BCUT2D eigenvalue weighted by Gasteiger charge is -2.05. The van der Waals surface area contributed by atoms with E-state index >= 15 is 0 Å². The van der Waals surface area contributed by atoms with E-state index in [-0.39, 0.29) is 19.1 Å². The minimum Gasteiger partial charge on any atom is -0.395 e. The molecule has 2 rings (SSSR count). The van der Waals surface area contributed by atoms with Gasteiger partial charge in [-0.25, -0.2) is 9.67 Å². The van der Waals surface area contributed by atoms with E-state index in [1.165, 1.54) is 17.3 Å². The van der Waals surface area contributed by atoms with Crippen molar-refractivity contribution in [3.8, 4) is 11.8 Å². The molecule has 20 heavy (non-hydrogen) atoms. The van der Waals surface area contributed by atoms with E-state index < -0.39 is 0 Å². The Morgan fingerprint density at radius 1 is 1.45 bits per heavy atom. The first-order chi connectivity index (χ1) is 9.78. The maximum atomic E-state index is 11.8. The fourth-order valence-corrected chi connectivity index (χ4v) is 1.56. The van der Waals surface area contributed by atoms with Gasteiger partial charge in [0.05, 0.1) is 6.61 Å². The van der Waals surface area contributed by atoms with Crippen LogP contribution in [-0.2, 0) is 11.3 Å². The minimum atomic E-state index is -0.184. The Balaban J connectivity index is 1.97. The number of amides is 1. The number of aliphatic hydroxyl groups excluding tert-OH is 1.